The lowest BCUT2D eigenvalue weighted by molar-refractivity contribution is -0.120. The highest BCUT2D eigenvalue weighted by atomic mass is 32.2. The first-order chi connectivity index (χ1) is 13.4. The van der Waals surface area contributed by atoms with Crippen LogP contribution in [0.1, 0.15) is 24.2 Å². The van der Waals surface area contributed by atoms with Crippen LogP contribution in [0.25, 0.3) is 0 Å². The minimum Gasteiger partial charge on any atom is -0.353 e. The molecular formula is C18H25N5O4S. The van der Waals surface area contributed by atoms with Gasteiger partial charge in [-0.2, -0.15) is 9.40 Å². The molecule has 2 rings (SSSR count). The average molecular weight is 407 g/mol. The normalized spacial score (nSPS) is 11.4. The second-order valence-corrected chi connectivity index (χ2v) is 7.86. The SMILES string of the molecule is CCN(CC)S(=O)(=O)c1cccc(C(=O)NCC(=O)NCCn2cccn2)c1. The number of sulfonamides is 1. The maximum absolute atomic E-state index is 12.6. The van der Waals surface area contributed by atoms with E-state index in [1.807, 2.05) is 0 Å². The Morgan fingerprint density at radius 3 is 2.54 bits per heavy atom. The summed E-state index contributed by atoms with van der Waals surface area (Å²) >= 11 is 0. The predicted octanol–water partition coefficient (Wildman–Crippen LogP) is 0.460. The van der Waals surface area contributed by atoms with Crippen molar-refractivity contribution in [1.82, 2.24) is 24.7 Å². The van der Waals surface area contributed by atoms with Crippen molar-refractivity contribution in [1.29, 1.82) is 0 Å². The molecule has 0 unspecified atom stereocenters. The molecule has 1 aromatic carbocycles. The van der Waals surface area contributed by atoms with Crippen molar-refractivity contribution in [2.24, 2.45) is 0 Å². The standard InChI is InChI=1S/C18H25N5O4S/c1-3-23(4-2)28(26,27)16-8-5-7-15(13-16)18(25)20-14-17(24)19-10-12-22-11-6-9-21-22/h5-9,11,13H,3-4,10,12,14H2,1-2H3,(H,19,24)(H,20,25). The fourth-order valence-electron chi connectivity index (χ4n) is 2.58. The molecule has 0 atom stereocenters. The Kier molecular flexibility index (Phi) is 7.70. The average Bonchev–Trinajstić information content (AvgIpc) is 3.20. The molecule has 10 heteroatoms. The summed E-state index contributed by atoms with van der Waals surface area (Å²) in [5, 5.41) is 9.20. The molecular weight excluding hydrogens is 382 g/mol. The van der Waals surface area contributed by atoms with E-state index in [4.69, 9.17) is 0 Å². The minimum atomic E-state index is -3.66. The first-order valence-corrected chi connectivity index (χ1v) is 10.4. The van der Waals surface area contributed by atoms with Gasteiger partial charge in [-0.25, -0.2) is 8.42 Å². The Hall–Kier alpha value is -2.72. The zero-order valence-electron chi connectivity index (χ0n) is 16.0. The van der Waals surface area contributed by atoms with Crippen LogP contribution in [0.3, 0.4) is 0 Å². The number of aromatic nitrogens is 2. The van der Waals surface area contributed by atoms with Gasteiger partial charge in [0, 0.05) is 37.6 Å². The van der Waals surface area contributed by atoms with Crippen LogP contribution in [0.2, 0.25) is 0 Å². The quantitative estimate of drug-likeness (QED) is 0.594. The second kappa shape index (κ2) is 10.00. The molecule has 0 aliphatic heterocycles. The van der Waals surface area contributed by atoms with Gasteiger partial charge in [-0.15, -0.1) is 0 Å². The lowest BCUT2D eigenvalue weighted by atomic mass is 10.2. The van der Waals surface area contributed by atoms with Crippen molar-refractivity contribution >= 4 is 21.8 Å². The number of nitrogens with zero attached hydrogens (tertiary/aromatic N) is 3. The van der Waals surface area contributed by atoms with E-state index in [2.05, 4.69) is 15.7 Å². The van der Waals surface area contributed by atoms with Crippen molar-refractivity contribution in [3.05, 3.63) is 48.3 Å². The summed E-state index contributed by atoms with van der Waals surface area (Å²) in [4.78, 5) is 24.2. The molecule has 0 radical (unpaired) electrons. The second-order valence-electron chi connectivity index (χ2n) is 5.92. The van der Waals surface area contributed by atoms with Crippen LogP contribution >= 0.6 is 0 Å². The van der Waals surface area contributed by atoms with Gasteiger partial charge in [0.25, 0.3) is 5.91 Å². The van der Waals surface area contributed by atoms with Crippen LogP contribution in [0.15, 0.2) is 47.6 Å². The van der Waals surface area contributed by atoms with Gasteiger partial charge < -0.3 is 10.6 Å². The summed E-state index contributed by atoms with van der Waals surface area (Å²) in [6.07, 6.45) is 3.43. The number of carbonyl (C=O) groups excluding carboxylic acids is 2. The van der Waals surface area contributed by atoms with Gasteiger partial charge in [-0.1, -0.05) is 19.9 Å². The molecule has 0 saturated carbocycles. The molecule has 1 heterocycles. The predicted molar refractivity (Wildman–Crippen MR) is 104 cm³/mol. The van der Waals surface area contributed by atoms with E-state index in [0.29, 0.717) is 26.2 Å². The van der Waals surface area contributed by atoms with Crippen molar-refractivity contribution in [3.8, 4) is 0 Å². The van der Waals surface area contributed by atoms with E-state index >= 15 is 0 Å². The molecule has 0 bridgehead atoms. The van der Waals surface area contributed by atoms with E-state index in [0.717, 1.165) is 0 Å². The van der Waals surface area contributed by atoms with Crippen molar-refractivity contribution in [2.75, 3.05) is 26.2 Å². The van der Waals surface area contributed by atoms with E-state index < -0.39 is 15.9 Å². The summed E-state index contributed by atoms with van der Waals surface area (Å²) in [6, 6.07) is 7.57. The lowest BCUT2D eigenvalue weighted by Gasteiger charge is -2.18. The smallest absolute Gasteiger partial charge is 0.251 e. The molecule has 0 spiro atoms. The number of benzene rings is 1. The van der Waals surface area contributed by atoms with E-state index in [1.165, 1.54) is 28.6 Å². The zero-order valence-corrected chi connectivity index (χ0v) is 16.8. The van der Waals surface area contributed by atoms with E-state index in [9.17, 15) is 18.0 Å². The molecule has 9 nitrogen and oxygen atoms in total. The zero-order chi connectivity index (χ0) is 20.6. The number of hydrogen-bond acceptors (Lipinski definition) is 5. The Morgan fingerprint density at radius 1 is 1.14 bits per heavy atom. The van der Waals surface area contributed by atoms with Crippen LogP contribution in [0.5, 0.6) is 0 Å². The van der Waals surface area contributed by atoms with Crippen LogP contribution in [0, 0.1) is 0 Å². The Bertz CT molecular complexity index is 892. The minimum absolute atomic E-state index is 0.0486. The summed E-state index contributed by atoms with van der Waals surface area (Å²) in [7, 11) is -3.66. The third kappa shape index (κ3) is 5.64. The van der Waals surface area contributed by atoms with Crippen LogP contribution in [-0.4, -0.2) is 60.5 Å². The molecule has 28 heavy (non-hydrogen) atoms. The van der Waals surface area contributed by atoms with Crippen molar-refractivity contribution in [3.63, 3.8) is 0 Å². The topological polar surface area (TPSA) is 113 Å². The number of carbonyl (C=O) groups is 2. The molecule has 0 saturated heterocycles. The van der Waals surface area contributed by atoms with Gasteiger partial charge in [0.1, 0.15) is 0 Å². The molecule has 152 valence electrons. The largest absolute Gasteiger partial charge is 0.353 e. The number of rotatable bonds is 10. The van der Waals surface area contributed by atoms with E-state index in [1.54, 1.807) is 37.0 Å². The highest BCUT2D eigenvalue weighted by Gasteiger charge is 2.22. The molecule has 2 N–H and O–H groups in total. The maximum Gasteiger partial charge on any atom is 0.251 e. The van der Waals surface area contributed by atoms with Crippen LogP contribution in [-0.2, 0) is 21.4 Å². The maximum atomic E-state index is 12.6. The Morgan fingerprint density at radius 2 is 1.89 bits per heavy atom. The van der Waals surface area contributed by atoms with E-state index in [-0.39, 0.29) is 22.9 Å². The number of amides is 2. The highest BCUT2D eigenvalue weighted by molar-refractivity contribution is 7.89. The lowest BCUT2D eigenvalue weighted by Crippen LogP contribution is -2.38. The van der Waals surface area contributed by atoms with Crippen LogP contribution in [0.4, 0.5) is 0 Å². The Labute approximate surface area is 164 Å². The summed E-state index contributed by atoms with van der Waals surface area (Å²) in [5.74, 6) is -0.855. The molecule has 2 amide bonds. The molecule has 2 aromatic rings. The van der Waals surface area contributed by atoms with Gasteiger partial charge in [-0.05, 0) is 24.3 Å². The fourth-order valence-corrected chi connectivity index (χ4v) is 4.08. The third-order valence-corrected chi connectivity index (χ3v) is 6.12. The van der Waals surface area contributed by atoms with Gasteiger partial charge in [0.05, 0.1) is 18.0 Å². The summed E-state index contributed by atoms with van der Waals surface area (Å²) in [5.41, 5.74) is 0.178. The number of hydrogen-bond donors (Lipinski definition) is 2. The van der Waals surface area contributed by atoms with Crippen molar-refractivity contribution < 1.29 is 18.0 Å². The van der Waals surface area contributed by atoms with Gasteiger partial charge in [0.2, 0.25) is 15.9 Å². The molecule has 0 fully saturated rings. The van der Waals surface area contributed by atoms with Gasteiger partial charge in [0.15, 0.2) is 0 Å². The number of nitrogens with one attached hydrogen (secondary N) is 2. The summed E-state index contributed by atoms with van der Waals surface area (Å²) < 4.78 is 28.1. The van der Waals surface area contributed by atoms with Crippen LogP contribution < -0.4 is 10.6 Å². The molecule has 0 aliphatic carbocycles. The highest BCUT2D eigenvalue weighted by Crippen LogP contribution is 2.16. The third-order valence-electron chi connectivity index (χ3n) is 4.07. The first-order valence-electron chi connectivity index (χ1n) is 9.01. The monoisotopic (exact) mass is 407 g/mol. The summed E-state index contributed by atoms with van der Waals surface area (Å²) in [6.45, 7) is 4.89. The van der Waals surface area contributed by atoms with Crippen molar-refractivity contribution in [2.45, 2.75) is 25.3 Å². The van der Waals surface area contributed by atoms with Gasteiger partial charge in [-0.3, -0.25) is 14.3 Å². The first kappa shape index (κ1) is 21.6. The van der Waals surface area contributed by atoms with Gasteiger partial charge >= 0.3 is 0 Å². The molecule has 1 aromatic heterocycles. The fraction of sp³-hybridized carbons (Fsp3) is 0.389. The molecule has 0 aliphatic rings. The Balaban J connectivity index is 1.91.